The Labute approximate surface area is 106 Å². The molecule has 0 bridgehead atoms. The molecule has 1 aliphatic heterocycles. The zero-order valence-electron chi connectivity index (χ0n) is 11.3. The fraction of sp³-hybridized carbons (Fsp3) is 1.00. The minimum absolute atomic E-state index is 0.616. The monoisotopic (exact) mass is 244 g/mol. The first kappa shape index (κ1) is 14.3. The molecule has 0 amide bonds. The number of thioether (sulfide) groups is 1. The number of rotatable bonds is 6. The summed E-state index contributed by atoms with van der Waals surface area (Å²) in [5.41, 5.74) is 0. The van der Waals surface area contributed by atoms with Crippen molar-refractivity contribution in [1.29, 1.82) is 0 Å². The summed E-state index contributed by atoms with van der Waals surface area (Å²) in [5.74, 6) is 1.28. The Morgan fingerprint density at radius 1 is 1.44 bits per heavy atom. The lowest BCUT2D eigenvalue weighted by Crippen LogP contribution is -2.51. The second kappa shape index (κ2) is 7.57. The summed E-state index contributed by atoms with van der Waals surface area (Å²) in [7, 11) is 0. The molecule has 0 aliphatic carbocycles. The van der Waals surface area contributed by atoms with Crippen molar-refractivity contribution in [2.45, 2.75) is 58.2 Å². The van der Waals surface area contributed by atoms with Gasteiger partial charge >= 0.3 is 0 Å². The predicted molar refractivity (Wildman–Crippen MR) is 75.3 cm³/mol. The van der Waals surface area contributed by atoms with E-state index in [4.69, 9.17) is 0 Å². The fourth-order valence-electron chi connectivity index (χ4n) is 2.62. The number of piperidine rings is 1. The maximum atomic E-state index is 3.68. The number of nitrogens with one attached hydrogen (secondary N) is 1. The lowest BCUT2D eigenvalue weighted by Gasteiger charge is -2.38. The van der Waals surface area contributed by atoms with Crippen LogP contribution in [-0.4, -0.2) is 48.1 Å². The van der Waals surface area contributed by atoms with Gasteiger partial charge in [-0.15, -0.1) is 0 Å². The van der Waals surface area contributed by atoms with Crippen LogP contribution in [0.3, 0.4) is 0 Å². The summed E-state index contributed by atoms with van der Waals surface area (Å²) in [6.45, 7) is 9.36. The van der Waals surface area contributed by atoms with Gasteiger partial charge < -0.3 is 5.32 Å². The van der Waals surface area contributed by atoms with Gasteiger partial charge in [0.1, 0.15) is 0 Å². The van der Waals surface area contributed by atoms with Crippen LogP contribution in [0.15, 0.2) is 0 Å². The second-order valence-electron chi connectivity index (χ2n) is 5.17. The van der Waals surface area contributed by atoms with Crippen molar-refractivity contribution < 1.29 is 0 Å². The van der Waals surface area contributed by atoms with E-state index in [1.807, 2.05) is 11.8 Å². The van der Waals surface area contributed by atoms with Crippen molar-refractivity contribution in [1.82, 2.24) is 10.2 Å². The van der Waals surface area contributed by atoms with Gasteiger partial charge in [-0.3, -0.25) is 4.90 Å². The molecule has 0 radical (unpaired) electrons. The van der Waals surface area contributed by atoms with Crippen LogP contribution in [0.2, 0.25) is 0 Å². The Kier molecular flexibility index (Phi) is 6.78. The number of nitrogens with zero attached hydrogens (tertiary/aromatic N) is 1. The van der Waals surface area contributed by atoms with Crippen LogP contribution in [0.4, 0.5) is 0 Å². The highest BCUT2D eigenvalue weighted by molar-refractivity contribution is 7.98. The molecule has 0 aromatic heterocycles. The average molecular weight is 244 g/mol. The standard InChI is InChI=1S/C13H28N2S/c1-5-13(10-16-4)15-8-6-7-12(9-15)14-11(2)3/h11-14H,5-10H2,1-4H3. The van der Waals surface area contributed by atoms with Crippen molar-refractivity contribution >= 4 is 11.8 Å². The van der Waals surface area contributed by atoms with E-state index in [-0.39, 0.29) is 0 Å². The smallest absolute Gasteiger partial charge is 0.0197 e. The highest BCUT2D eigenvalue weighted by Crippen LogP contribution is 2.17. The predicted octanol–water partition coefficient (Wildman–Crippen LogP) is 2.59. The van der Waals surface area contributed by atoms with Gasteiger partial charge in [0.05, 0.1) is 0 Å². The summed E-state index contributed by atoms with van der Waals surface area (Å²) >= 11 is 1.98. The van der Waals surface area contributed by atoms with Gasteiger partial charge in [0.25, 0.3) is 0 Å². The molecular weight excluding hydrogens is 216 g/mol. The van der Waals surface area contributed by atoms with E-state index in [0.717, 1.165) is 6.04 Å². The molecule has 0 spiro atoms. The van der Waals surface area contributed by atoms with E-state index in [9.17, 15) is 0 Å². The summed E-state index contributed by atoms with van der Waals surface area (Å²) in [4.78, 5) is 2.69. The van der Waals surface area contributed by atoms with Crippen molar-refractivity contribution in [2.75, 3.05) is 25.1 Å². The Morgan fingerprint density at radius 3 is 2.75 bits per heavy atom. The average Bonchev–Trinajstić information content (AvgIpc) is 2.25. The third kappa shape index (κ3) is 4.64. The first-order valence-corrected chi connectivity index (χ1v) is 8.05. The summed E-state index contributed by atoms with van der Waals surface area (Å²) in [6.07, 6.45) is 6.21. The van der Waals surface area contributed by atoms with Crippen LogP contribution in [0.5, 0.6) is 0 Å². The molecule has 1 heterocycles. The maximum absolute atomic E-state index is 3.68. The van der Waals surface area contributed by atoms with E-state index in [1.165, 1.54) is 38.1 Å². The molecule has 0 aromatic carbocycles. The normalized spacial score (nSPS) is 24.9. The lowest BCUT2D eigenvalue weighted by molar-refractivity contribution is 0.141. The van der Waals surface area contributed by atoms with Gasteiger partial charge in [-0.2, -0.15) is 11.8 Å². The number of likely N-dealkylation sites (tertiary alicyclic amines) is 1. The zero-order valence-corrected chi connectivity index (χ0v) is 12.1. The zero-order chi connectivity index (χ0) is 12.0. The number of hydrogen-bond donors (Lipinski definition) is 1. The Morgan fingerprint density at radius 2 is 2.19 bits per heavy atom. The molecule has 3 heteroatoms. The Bertz CT molecular complexity index is 185. The van der Waals surface area contributed by atoms with E-state index in [0.29, 0.717) is 12.1 Å². The first-order chi connectivity index (χ1) is 7.67. The van der Waals surface area contributed by atoms with E-state index < -0.39 is 0 Å². The Balaban J connectivity index is 2.41. The van der Waals surface area contributed by atoms with Crippen LogP contribution in [0, 0.1) is 0 Å². The quantitative estimate of drug-likeness (QED) is 0.773. The van der Waals surface area contributed by atoms with E-state index >= 15 is 0 Å². The molecule has 96 valence electrons. The molecule has 1 fully saturated rings. The molecule has 16 heavy (non-hydrogen) atoms. The fourth-order valence-corrected chi connectivity index (χ4v) is 3.45. The van der Waals surface area contributed by atoms with Crippen molar-refractivity contribution in [3.8, 4) is 0 Å². The maximum Gasteiger partial charge on any atom is 0.0197 e. The molecule has 2 unspecified atom stereocenters. The van der Waals surface area contributed by atoms with Crippen molar-refractivity contribution in [3.63, 3.8) is 0 Å². The van der Waals surface area contributed by atoms with Crippen LogP contribution in [0.25, 0.3) is 0 Å². The highest BCUT2D eigenvalue weighted by Gasteiger charge is 2.24. The van der Waals surface area contributed by atoms with Crippen LogP contribution >= 0.6 is 11.8 Å². The lowest BCUT2D eigenvalue weighted by atomic mass is 10.0. The third-order valence-electron chi connectivity index (χ3n) is 3.37. The molecule has 0 aromatic rings. The molecule has 0 saturated carbocycles. The molecule has 2 nitrogen and oxygen atoms in total. The van der Waals surface area contributed by atoms with Gasteiger partial charge in [0.15, 0.2) is 0 Å². The highest BCUT2D eigenvalue weighted by atomic mass is 32.2. The van der Waals surface area contributed by atoms with Gasteiger partial charge in [-0.25, -0.2) is 0 Å². The molecular formula is C13H28N2S. The Hall–Kier alpha value is 0.270. The van der Waals surface area contributed by atoms with E-state index in [1.54, 1.807) is 0 Å². The van der Waals surface area contributed by atoms with Gasteiger partial charge in [0, 0.05) is 30.4 Å². The molecule has 2 atom stereocenters. The SMILES string of the molecule is CCC(CSC)N1CCCC(NC(C)C)C1. The minimum atomic E-state index is 0.616. The van der Waals surface area contributed by atoms with E-state index in [2.05, 4.69) is 37.2 Å². The minimum Gasteiger partial charge on any atom is -0.311 e. The summed E-state index contributed by atoms with van der Waals surface area (Å²) in [6, 6.07) is 2.11. The molecule has 1 rings (SSSR count). The largest absolute Gasteiger partial charge is 0.311 e. The molecule has 1 N–H and O–H groups in total. The van der Waals surface area contributed by atoms with Gasteiger partial charge in [-0.1, -0.05) is 20.8 Å². The first-order valence-electron chi connectivity index (χ1n) is 6.66. The third-order valence-corrected chi connectivity index (χ3v) is 4.09. The summed E-state index contributed by atoms with van der Waals surface area (Å²) < 4.78 is 0. The van der Waals surface area contributed by atoms with Crippen LogP contribution < -0.4 is 5.32 Å². The molecule has 1 saturated heterocycles. The van der Waals surface area contributed by atoms with Crippen LogP contribution in [-0.2, 0) is 0 Å². The summed E-state index contributed by atoms with van der Waals surface area (Å²) in [5, 5.41) is 3.68. The topological polar surface area (TPSA) is 15.3 Å². The number of hydrogen-bond acceptors (Lipinski definition) is 3. The van der Waals surface area contributed by atoms with Crippen molar-refractivity contribution in [2.24, 2.45) is 0 Å². The van der Waals surface area contributed by atoms with Crippen LogP contribution in [0.1, 0.15) is 40.0 Å². The second-order valence-corrected chi connectivity index (χ2v) is 6.08. The van der Waals surface area contributed by atoms with Crippen molar-refractivity contribution in [3.05, 3.63) is 0 Å². The molecule has 1 aliphatic rings. The van der Waals surface area contributed by atoms with Gasteiger partial charge in [0.2, 0.25) is 0 Å². The van der Waals surface area contributed by atoms with Gasteiger partial charge in [-0.05, 0) is 32.1 Å².